The van der Waals surface area contributed by atoms with Crippen LogP contribution in [0.25, 0.3) is 0 Å². The Bertz CT molecular complexity index is 543. The molecule has 2 aromatic rings. The summed E-state index contributed by atoms with van der Waals surface area (Å²) in [6.07, 6.45) is 0.921. The van der Waals surface area contributed by atoms with Crippen molar-refractivity contribution in [3.63, 3.8) is 0 Å². The number of rotatable bonds is 5. The molecule has 0 amide bonds. The normalized spacial score (nSPS) is 11.8. The lowest BCUT2D eigenvalue weighted by molar-refractivity contribution is 0.319. The van der Waals surface area contributed by atoms with Gasteiger partial charge in [-0.15, -0.1) is 11.8 Å². The molecule has 0 spiro atoms. The van der Waals surface area contributed by atoms with Crippen molar-refractivity contribution in [2.45, 2.75) is 43.3 Å². The molecule has 20 heavy (non-hydrogen) atoms. The van der Waals surface area contributed by atoms with Crippen LogP contribution in [0.4, 0.5) is 0 Å². The molecule has 0 bridgehead atoms. The molecule has 0 aliphatic heterocycles. The minimum absolute atomic E-state index is 0.0974. The number of aromatic nitrogens is 2. The molecule has 0 atom stereocenters. The summed E-state index contributed by atoms with van der Waals surface area (Å²) in [5.41, 5.74) is 6.71. The van der Waals surface area contributed by atoms with E-state index in [0.29, 0.717) is 12.4 Å². The van der Waals surface area contributed by atoms with Crippen LogP contribution in [0.2, 0.25) is 0 Å². The molecule has 0 aliphatic carbocycles. The van der Waals surface area contributed by atoms with Crippen LogP contribution in [0.1, 0.15) is 38.0 Å². The van der Waals surface area contributed by atoms with Gasteiger partial charge in [0.2, 0.25) is 5.89 Å². The highest BCUT2D eigenvalue weighted by Crippen LogP contribution is 2.24. The predicted molar refractivity (Wildman–Crippen MR) is 81.8 cm³/mol. The standard InChI is InChI=1S/C15H21N3OS/c1-15(2,3)14-17-13(18-19-14)10-20-12-6-4-11(5-7-12)8-9-16/h4-7H,8-10,16H2,1-3H3. The van der Waals surface area contributed by atoms with E-state index in [4.69, 9.17) is 10.3 Å². The van der Waals surface area contributed by atoms with E-state index in [1.807, 2.05) is 0 Å². The van der Waals surface area contributed by atoms with E-state index in [-0.39, 0.29) is 5.41 Å². The molecule has 1 heterocycles. The van der Waals surface area contributed by atoms with E-state index in [1.165, 1.54) is 10.5 Å². The lowest BCUT2D eigenvalue weighted by Gasteiger charge is -2.10. The molecule has 1 aromatic heterocycles. The Morgan fingerprint density at radius 3 is 2.45 bits per heavy atom. The lowest BCUT2D eigenvalue weighted by atomic mass is 9.97. The highest BCUT2D eigenvalue weighted by Gasteiger charge is 2.21. The minimum Gasteiger partial charge on any atom is -0.339 e. The van der Waals surface area contributed by atoms with Crippen molar-refractivity contribution in [2.75, 3.05) is 6.54 Å². The lowest BCUT2D eigenvalue weighted by Crippen LogP contribution is -2.11. The van der Waals surface area contributed by atoms with Crippen molar-refractivity contribution in [1.29, 1.82) is 0 Å². The Morgan fingerprint density at radius 2 is 1.90 bits per heavy atom. The fourth-order valence-electron chi connectivity index (χ4n) is 1.68. The first-order chi connectivity index (χ1) is 9.49. The molecule has 0 fully saturated rings. The van der Waals surface area contributed by atoms with Crippen molar-refractivity contribution in [3.05, 3.63) is 41.5 Å². The van der Waals surface area contributed by atoms with Gasteiger partial charge in [0, 0.05) is 10.3 Å². The number of nitrogens with zero attached hydrogens (tertiary/aromatic N) is 2. The number of hydrogen-bond acceptors (Lipinski definition) is 5. The van der Waals surface area contributed by atoms with Gasteiger partial charge in [0.05, 0.1) is 5.75 Å². The Kier molecular flexibility index (Phi) is 4.83. The molecular weight excluding hydrogens is 270 g/mol. The van der Waals surface area contributed by atoms with Crippen LogP contribution in [0.5, 0.6) is 0 Å². The van der Waals surface area contributed by atoms with Gasteiger partial charge in [-0.2, -0.15) is 4.98 Å². The second-order valence-electron chi connectivity index (χ2n) is 5.74. The van der Waals surface area contributed by atoms with E-state index in [1.54, 1.807) is 11.8 Å². The molecule has 2 rings (SSSR count). The molecule has 0 saturated carbocycles. The van der Waals surface area contributed by atoms with E-state index in [9.17, 15) is 0 Å². The molecule has 0 unspecified atom stereocenters. The molecule has 1 aromatic carbocycles. The van der Waals surface area contributed by atoms with Crippen molar-refractivity contribution >= 4 is 11.8 Å². The molecular formula is C15H21N3OS. The Balaban J connectivity index is 1.93. The number of benzene rings is 1. The second kappa shape index (κ2) is 6.41. The fraction of sp³-hybridized carbons (Fsp3) is 0.467. The van der Waals surface area contributed by atoms with Gasteiger partial charge < -0.3 is 10.3 Å². The first-order valence-electron chi connectivity index (χ1n) is 6.74. The summed E-state index contributed by atoms with van der Waals surface area (Å²) in [4.78, 5) is 5.63. The highest BCUT2D eigenvalue weighted by atomic mass is 32.2. The van der Waals surface area contributed by atoms with Gasteiger partial charge in [0.25, 0.3) is 0 Å². The van der Waals surface area contributed by atoms with Crippen LogP contribution in [0.3, 0.4) is 0 Å². The van der Waals surface area contributed by atoms with Gasteiger partial charge in [-0.05, 0) is 30.7 Å². The fourth-order valence-corrected chi connectivity index (χ4v) is 2.43. The summed E-state index contributed by atoms with van der Waals surface area (Å²) in [6.45, 7) is 6.87. The van der Waals surface area contributed by atoms with Crippen LogP contribution < -0.4 is 5.73 Å². The SMILES string of the molecule is CC(C)(C)c1nc(CSc2ccc(CCN)cc2)no1. The van der Waals surface area contributed by atoms with E-state index < -0.39 is 0 Å². The number of hydrogen-bond donors (Lipinski definition) is 1. The van der Waals surface area contributed by atoms with Crippen LogP contribution in [-0.2, 0) is 17.6 Å². The number of thioether (sulfide) groups is 1. The van der Waals surface area contributed by atoms with Crippen LogP contribution in [0, 0.1) is 0 Å². The summed E-state index contributed by atoms with van der Waals surface area (Å²) >= 11 is 1.71. The molecule has 5 heteroatoms. The Hall–Kier alpha value is -1.33. The van der Waals surface area contributed by atoms with Crippen molar-refractivity contribution < 1.29 is 4.52 Å². The quantitative estimate of drug-likeness (QED) is 0.857. The summed E-state index contributed by atoms with van der Waals surface area (Å²) in [6, 6.07) is 8.46. The van der Waals surface area contributed by atoms with Gasteiger partial charge in [-0.1, -0.05) is 38.1 Å². The van der Waals surface area contributed by atoms with E-state index in [2.05, 4.69) is 55.2 Å². The first kappa shape index (κ1) is 15.1. The van der Waals surface area contributed by atoms with Crippen LogP contribution in [-0.4, -0.2) is 16.7 Å². The molecule has 0 aliphatic rings. The van der Waals surface area contributed by atoms with Crippen molar-refractivity contribution in [1.82, 2.24) is 10.1 Å². The predicted octanol–water partition coefficient (Wildman–Crippen LogP) is 3.16. The topological polar surface area (TPSA) is 64.9 Å². The molecule has 0 saturated heterocycles. The summed E-state index contributed by atoms with van der Waals surface area (Å²) in [5.74, 6) is 2.15. The van der Waals surface area contributed by atoms with Crippen molar-refractivity contribution in [3.8, 4) is 0 Å². The zero-order chi connectivity index (χ0) is 14.6. The maximum Gasteiger partial charge on any atom is 0.232 e. The monoisotopic (exact) mass is 291 g/mol. The van der Waals surface area contributed by atoms with Crippen LogP contribution >= 0.6 is 11.8 Å². The second-order valence-corrected chi connectivity index (χ2v) is 6.79. The zero-order valence-corrected chi connectivity index (χ0v) is 13.0. The average molecular weight is 291 g/mol. The van der Waals surface area contributed by atoms with Crippen LogP contribution in [0.15, 0.2) is 33.7 Å². The number of nitrogens with two attached hydrogens (primary N) is 1. The first-order valence-corrected chi connectivity index (χ1v) is 7.72. The zero-order valence-electron chi connectivity index (χ0n) is 12.2. The third-order valence-electron chi connectivity index (χ3n) is 2.83. The van der Waals surface area contributed by atoms with Gasteiger partial charge in [0.1, 0.15) is 0 Å². The van der Waals surface area contributed by atoms with Gasteiger partial charge in [-0.25, -0.2) is 0 Å². The average Bonchev–Trinajstić information content (AvgIpc) is 2.87. The van der Waals surface area contributed by atoms with E-state index >= 15 is 0 Å². The third kappa shape index (κ3) is 4.08. The van der Waals surface area contributed by atoms with Gasteiger partial charge in [-0.3, -0.25) is 0 Å². The Morgan fingerprint density at radius 1 is 1.20 bits per heavy atom. The van der Waals surface area contributed by atoms with Gasteiger partial charge in [0.15, 0.2) is 5.82 Å². The summed E-state index contributed by atoms with van der Waals surface area (Å²) < 4.78 is 5.28. The smallest absolute Gasteiger partial charge is 0.232 e. The van der Waals surface area contributed by atoms with E-state index in [0.717, 1.165) is 18.0 Å². The molecule has 4 nitrogen and oxygen atoms in total. The molecule has 108 valence electrons. The summed E-state index contributed by atoms with van der Waals surface area (Å²) in [5, 5.41) is 4.02. The maximum atomic E-state index is 5.54. The van der Waals surface area contributed by atoms with Crippen molar-refractivity contribution in [2.24, 2.45) is 5.73 Å². The third-order valence-corrected chi connectivity index (χ3v) is 3.84. The maximum absolute atomic E-state index is 5.54. The van der Waals surface area contributed by atoms with Gasteiger partial charge >= 0.3 is 0 Å². The highest BCUT2D eigenvalue weighted by molar-refractivity contribution is 7.98. The Labute approximate surface area is 124 Å². The summed E-state index contributed by atoms with van der Waals surface area (Å²) in [7, 11) is 0. The molecule has 0 radical (unpaired) electrons. The minimum atomic E-state index is -0.0974. The molecule has 2 N–H and O–H groups in total. The largest absolute Gasteiger partial charge is 0.339 e.